The van der Waals surface area contributed by atoms with E-state index in [1.165, 1.54) is 48.8 Å². The van der Waals surface area contributed by atoms with Crippen LogP contribution in [0.4, 0.5) is 0 Å². The lowest BCUT2D eigenvalue weighted by atomic mass is 9.84. The minimum atomic E-state index is -0.924. The van der Waals surface area contributed by atoms with Crippen LogP contribution < -0.4 is 0 Å². The summed E-state index contributed by atoms with van der Waals surface area (Å²) in [5.41, 5.74) is 4.49. The molecule has 0 saturated heterocycles. The molecule has 1 N–H and O–H groups in total. The largest absolute Gasteiger partial charge is 0.481 e. The summed E-state index contributed by atoms with van der Waals surface area (Å²) in [6.07, 6.45) is 6.40. The molecule has 31 heavy (non-hydrogen) atoms. The van der Waals surface area contributed by atoms with Crippen molar-refractivity contribution in [1.29, 1.82) is 0 Å². The first-order valence-corrected chi connectivity index (χ1v) is 11.1. The predicted octanol–water partition coefficient (Wildman–Crippen LogP) is 7.14. The van der Waals surface area contributed by atoms with Crippen molar-refractivity contribution in [2.45, 2.75) is 50.9 Å². The van der Waals surface area contributed by atoms with Gasteiger partial charge >= 0.3 is 5.97 Å². The summed E-state index contributed by atoms with van der Waals surface area (Å²) in [6.45, 7) is 0. The summed E-state index contributed by atoms with van der Waals surface area (Å²) in [6, 6.07) is 28.5. The average molecular weight is 415 g/mol. The maximum atomic E-state index is 11.8. The molecule has 1 fully saturated rings. The zero-order valence-corrected chi connectivity index (χ0v) is 17.9. The van der Waals surface area contributed by atoms with Crippen LogP contribution in [0.2, 0.25) is 0 Å². The molecule has 0 bridgehead atoms. The van der Waals surface area contributed by atoms with E-state index < -0.39 is 5.97 Å². The first-order valence-electron chi connectivity index (χ1n) is 11.1. The van der Waals surface area contributed by atoms with Gasteiger partial charge in [-0.25, -0.2) is 0 Å². The van der Waals surface area contributed by atoms with Gasteiger partial charge in [0, 0.05) is 12.0 Å². The van der Waals surface area contributed by atoms with Crippen molar-refractivity contribution >= 4 is 11.8 Å². The molecule has 0 aromatic heterocycles. The van der Waals surface area contributed by atoms with Crippen molar-refractivity contribution in [2.75, 3.05) is 0 Å². The summed E-state index contributed by atoms with van der Waals surface area (Å²) in [4.78, 5) is 22.2. The number of hydrogen-bond donors (Lipinski definition) is 1. The lowest BCUT2D eigenvalue weighted by Crippen LogP contribution is -2.06. The fraction of sp³-hybridized carbons (Fsp3) is 0.286. The zero-order chi connectivity index (χ0) is 21.9. The van der Waals surface area contributed by atoms with E-state index in [2.05, 4.69) is 48.5 Å². The molecule has 0 unspecified atom stereocenters. The van der Waals surface area contributed by atoms with Crippen molar-refractivity contribution in [3.63, 3.8) is 0 Å². The third-order valence-corrected chi connectivity index (χ3v) is 5.76. The Balaban J connectivity index is 0.000000194. The Kier molecular flexibility index (Phi) is 8.59. The van der Waals surface area contributed by atoms with Gasteiger partial charge in [0.15, 0.2) is 5.78 Å². The molecular formula is C28H30O3. The van der Waals surface area contributed by atoms with Gasteiger partial charge in [0.2, 0.25) is 0 Å². The highest BCUT2D eigenvalue weighted by molar-refractivity contribution is 5.97. The molecule has 0 aliphatic heterocycles. The molecule has 1 saturated carbocycles. The van der Waals surface area contributed by atoms with E-state index in [0.717, 1.165) is 0 Å². The molecule has 0 heterocycles. The third-order valence-electron chi connectivity index (χ3n) is 5.76. The Hall–Kier alpha value is -3.20. The molecule has 0 amide bonds. The number of hydrogen-bond acceptors (Lipinski definition) is 2. The highest BCUT2D eigenvalue weighted by atomic mass is 16.4. The molecule has 3 nitrogen and oxygen atoms in total. The number of carboxylic acid groups (broad SMARTS) is 1. The second kappa shape index (κ2) is 11.8. The first-order chi connectivity index (χ1) is 15.1. The van der Waals surface area contributed by atoms with Gasteiger partial charge in [0.05, 0.1) is 6.42 Å². The van der Waals surface area contributed by atoms with E-state index in [-0.39, 0.29) is 18.6 Å². The number of rotatable bonds is 6. The maximum Gasteiger partial charge on any atom is 0.303 e. The Bertz CT molecular complexity index is 903. The Labute approximate surface area is 184 Å². The van der Waals surface area contributed by atoms with Gasteiger partial charge in [-0.15, -0.1) is 0 Å². The van der Waals surface area contributed by atoms with Crippen molar-refractivity contribution < 1.29 is 14.7 Å². The smallest absolute Gasteiger partial charge is 0.303 e. The molecule has 160 valence electrons. The molecule has 3 aromatic rings. The Morgan fingerprint density at radius 3 is 1.68 bits per heavy atom. The number of benzene rings is 3. The van der Waals surface area contributed by atoms with Gasteiger partial charge in [-0.1, -0.05) is 104 Å². The van der Waals surface area contributed by atoms with Crippen LogP contribution in [-0.4, -0.2) is 16.9 Å². The minimum absolute atomic E-state index is 0.0815. The fourth-order valence-corrected chi connectivity index (χ4v) is 4.00. The number of carbonyl (C=O) groups excluding carboxylic acids is 1. The summed E-state index contributed by atoms with van der Waals surface area (Å²) in [5.74, 6) is -0.373. The van der Waals surface area contributed by atoms with Gasteiger partial charge in [0.1, 0.15) is 0 Å². The Morgan fingerprint density at radius 1 is 0.677 bits per heavy atom. The van der Waals surface area contributed by atoms with E-state index in [1.54, 1.807) is 0 Å². The molecule has 3 heteroatoms. The SMILES string of the molecule is O=C(O)CCC(=O)c1ccc(C2CCCCC2)cc1.c1ccc(-c2ccccc2)cc1. The molecule has 0 radical (unpaired) electrons. The number of ketones is 1. The number of carbonyl (C=O) groups is 2. The van der Waals surface area contributed by atoms with Crippen LogP contribution in [0.3, 0.4) is 0 Å². The average Bonchev–Trinajstić information content (AvgIpc) is 2.85. The number of aliphatic carboxylic acids is 1. The summed E-state index contributed by atoms with van der Waals surface area (Å²) in [5, 5.41) is 8.57. The molecule has 3 aromatic carbocycles. The third kappa shape index (κ3) is 7.21. The predicted molar refractivity (Wildman–Crippen MR) is 125 cm³/mol. The maximum absolute atomic E-state index is 11.8. The summed E-state index contributed by atoms with van der Waals surface area (Å²) < 4.78 is 0. The standard InChI is InChI=1S/C16H20O3.C12H10/c17-15(10-11-16(18)19)14-8-6-13(7-9-14)12-4-2-1-3-5-12;1-3-7-11(8-4-1)12-9-5-2-6-10-12/h6-9,12H,1-5,10-11H2,(H,18,19);1-10H. The van der Waals surface area contributed by atoms with E-state index in [9.17, 15) is 9.59 Å². The van der Waals surface area contributed by atoms with Crippen LogP contribution in [-0.2, 0) is 4.79 Å². The monoisotopic (exact) mass is 414 g/mol. The summed E-state index contributed by atoms with van der Waals surface area (Å²) in [7, 11) is 0. The van der Waals surface area contributed by atoms with Crippen LogP contribution in [0.1, 0.15) is 66.8 Å². The van der Waals surface area contributed by atoms with Gasteiger partial charge in [-0.2, -0.15) is 0 Å². The topological polar surface area (TPSA) is 54.4 Å². The second-order valence-corrected chi connectivity index (χ2v) is 8.01. The van der Waals surface area contributed by atoms with E-state index in [4.69, 9.17) is 5.11 Å². The van der Waals surface area contributed by atoms with Crippen molar-refractivity contribution in [3.05, 3.63) is 96.1 Å². The second-order valence-electron chi connectivity index (χ2n) is 8.01. The van der Waals surface area contributed by atoms with Crippen molar-refractivity contribution in [3.8, 4) is 11.1 Å². The highest BCUT2D eigenvalue weighted by Gasteiger charge is 2.16. The number of carboxylic acids is 1. The van der Waals surface area contributed by atoms with Crippen molar-refractivity contribution in [2.24, 2.45) is 0 Å². The quantitative estimate of drug-likeness (QED) is 0.436. The van der Waals surface area contributed by atoms with E-state index in [1.807, 2.05) is 36.4 Å². The van der Waals surface area contributed by atoms with Gasteiger partial charge in [-0.05, 0) is 35.4 Å². The van der Waals surface area contributed by atoms with E-state index >= 15 is 0 Å². The first kappa shape index (κ1) is 22.5. The highest BCUT2D eigenvalue weighted by Crippen LogP contribution is 2.32. The Morgan fingerprint density at radius 2 is 1.19 bits per heavy atom. The van der Waals surface area contributed by atoms with Crippen molar-refractivity contribution in [1.82, 2.24) is 0 Å². The normalized spacial score (nSPS) is 13.7. The lowest BCUT2D eigenvalue weighted by Gasteiger charge is -2.22. The molecule has 1 aliphatic carbocycles. The molecular weight excluding hydrogens is 384 g/mol. The number of Topliss-reactive ketones (excluding diaryl/α,β-unsaturated/α-hetero) is 1. The molecule has 4 rings (SSSR count). The minimum Gasteiger partial charge on any atom is -0.481 e. The zero-order valence-electron chi connectivity index (χ0n) is 17.9. The van der Waals surface area contributed by atoms with Crippen LogP contribution in [0.15, 0.2) is 84.9 Å². The summed E-state index contributed by atoms with van der Waals surface area (Å²) >= 11 is 0. The molecule has 1 aliphatic rings. The van der Waals surface area contributed by atoms with Gasteiger partial charge in [0.25, 0.3) is 0 Å². The molecule has 0 atom stereocenters. The van der Waals surface area contributed by atoms with Crippen LogP contribution in [0.5, 0.6) is 0 Å². The van der Waals surface area contributed by atoms with Crippen LogP contribution in [0.25, 0.3) is 11.1 Å². The van der Waals surface area contributed by atoms with Gasteiger partial charge < -0.3 is 5.11 Å². The lowest BCUT2D eigenvalue weighted by molar-refractivity contribution is -0.136. The fourth-order valence-electron chi connectivity index (χ4n) is 4.00. The van der Waals surface area contributed by atoms with E-state index in [0.29, 0.717) is 11.5 Å². The van der Waals surface area contributed by atoms with Gasteiger partial charge in [-0.3, -0.25) is 9.59 Å². The van der Waals surface area contributed by atoms with Crippen LogP contribution >= 0.6 is 0 Å². The van der Waals surface area contributed by atoms with Crippen LogP contribution in [0, 0.1) is 0 Å². The molecule has 0 spiro atoms.